The zero-order valence-corrected chi connectivity index (χ0v) is 9.33. The highest BCUT2D eigenvalue weighted by Gasteiger charge is 2.14. The van der Waals surface area contributed by atoms with Crippen molar-refractivity contribution in [1.82, 2.24) is 0 Å². The molecule has 0 bridgehead atoms. The first kappa shape index (κ1) is 10.3. The first-order valence-corrected chi connectivity index (χ1v) is 5.76. The highest BCUT2D eigenvalue weighted by molar-refractivity contribution is 5.46. The van der Waals surface area contributed by atoms with Crippen molar-refractivity contribution in [3.05, 3.63) is 24.3 Å². The fraction of sp³-hybridized carbons (Fsp3) is 0.538. The molecule has 0 spiro atoms. The second kappa shape index (κ2) is 5.06. The molecule has 1 N–H and O–H groups in total. The van der Waals surface area contributed by atoms with Gasteiger partial charge < -0.3 is 10.1 Å². The van der Waals surface area contributed by atoms with Gasteiger partial charge in [-0.2, -0.15) is 0 Å². The second-order valence-corrected chi connectivity index (χ2v) is 4.26. The summed E-state index contributed by atoms with van der Waals surface area (Å²) in [6.45, 7) is 1.12. The minimum absolute atomic E-state index is 0.882. The largest absolute Gasteiger partial charge is 0.497 e. The molecule has 1 saturated carbocycles. The molecule has 2 nitrogen and oxygen atoms in total. The lowest BCUT2D eigenvalue weighted by atomic mass is 10.1. The van der Waals surface area contributed by atoms with Crippen molar-refractivity contribution in [2.24, 2.45) is 5.92 Å². The van der Waals surface area contributed by atoms with Crippen LogP contribution in [-0.2, 0) is 0 Å². The SMILES string of the molecule is COc1ccc(NCC2CCCC2)cc1. The van der Waals surface area contributed by atoms with Crippen LogP contribution < -0.4 is 10.1 Å². The summed E-state index contributed by atoms with van der Waals surface area (Å²) in [5.41, 5.74) is 1.20. The van der Waals surface area contributed by atoms with E-state index in [4.69, 9.17) is 4.74 Å². The maximum absolute atomic E-state index is 5.12. The quantitative estimate of drug-likeness (QED) is 0.814. The van der Waals surface area contributed by atoms with E-state index >= 15 is 0 Å². The van der Waals surface area contributed by atoms with Crippen LogP contribution in [0.1, 0.15) is 25.7 Å². The molecule has 0 saturated heterocycles. The Hall–Kier alpha value is -1.18. The number of hydrogen-bond donors (Lipinski definition) is 1. The molecule has 1 aromatic carbocycles. The summed E-state index contributed by atoms with van der Waals surface area (Å²) in [5, 5.41) is 3.48. The van der Waals surface area contributed by atoms with Gasteiger partial charge in [0.1, 0.15) is 5.75 Å². The van der Waals surface area contributed by atoms with E-state index in [-0.39, 0.29) is 0 Å². The van der Waals surface area contributed by atoms with Gasteiger partial charge in [0.25, 0.3) is 0 Å². The van der Waals surface area contributed by atoms with Gasteiger partial charge in [0.2, 0.25) is 0 Å². The van der Waals surface area contributed by atoms with Gasteiger partial charge in [-0.05, 0) is 43.0 Å². The topological polar surface area (TPSA) is 21.3 Å². The van der Waals surface area contributed by atoms with Gasteiger partial charge in [0.05, 0.1) is 7.11 Å². The number of hydrogen-bond acceptors (Lipinski definition) is 2. The lowest BCUT2D eigenvalue weighted by Gasteiger charge is -2.11. The number of benzene rings is 1. The van der Waals surface area contributed by atoms with Crippen LogP contribution in [0.15, 0.2) is 24.3 Å². The van der Waals surface area contributed by atoms with Crippen molar-refractivity contribution in [2.45, 2.75) is 25.7 Å². The molecule has 2 heteroatoms. The van der Waals surface area contributed by atoms with E-state index in [9.17, 15) is 0 Å². The number of ether oxygens (including phenoxy) is 1. The predicted molar refractivity (Wildman–Crippen MR) is 63.4 cm³/mol. The molecule has 15 heavy (non-hydrogen) atoms. The summed E-state index contributed by atoms with van der Waals surface area (Å²) in [7, 11) is 1.70. The van der Waals surface area contributed by atoms with Crippen LogP contribution in [-0.4, -0.2) is 13.7 Å². The van der Waals surface area contributed by atoms with E-state index in [1.54, 1.807) is 7.11 Å². The second-order valence-electron chi connectivity index (χ2n) is 4.26. The van der Waals surface area contributed by atoms with Gasteiger partial charge in [0.15, 0.2) is 0 Å². The molecule has 1 fully saturated rings. The van der Waals surface area contributed by atoms with E-state index < -0.39 is 0 Å². The fourth-order valence-corrected chi connectivity index (χ4v) is 2.19. The van der Waals surface area contributed by atoms with Gasteiger partial charge in [-0.3, -0.25) is 0 Å². The summed E-state index contributed by atoms with van der Waals surface area (Å²) in [6.07, 6.45) is 5.61. The monoisotopic (exact) mass is 205 g/mol. The third-order valence-electron chi connectivity index (χ3n) is 3.16. The summed E-state index contributed by atoms with van der Waals surface area (Å²) in [4.78, 5) is 0. The Labute approximate surface area is 91.6 Å². The maximum atomic E-state index is 5.12. The first-order valence-electron chi connectivity index (χ1n) is 5.76. The van der Waals surface area contributed by atoms with Gasteiger partial charge in [-0.15, -0.1) is 0 Å². The molecule has 1 aromatic rings. The Bertz CT molecular complexity index is 288. The Kier molecular flexibility index (Phi) is 3.49. The number of anilines is 1. The molecule has 82 valence electrons. The van der Waals surface area contributed by atoms with Crippen LogP contribution in [0.25, 0.3) is 0 Å². The first-order chi connectivity index (χ1) is 7.38. The third kappa shape index (κ3) is 2.88. The van der Waals surface area contributed by atoms with Crippen molar-refractivity contribution >= 4 is 5.69 Å². The minimum atomic E-state index is 0.882. The highest BCUT2D eigenvalue weighted by atomic mass is 16.5. The molecule has 0 heterocycles. The van der Waals surface area contributed by atoms with Crippen LogP contribution in [0.4, 0.5) is 5.69 Å². The van der Waals surface area contributed by atoms with E-state index in [1.165, 1.54) is 31.4 Å². The summed E-state index contributed by atoms with van der Waals surface area (Å²) < 4.78 is 5.12. The normalized spacial score (nSPS) is 16.6. The molecule has 0 unspecified atom stereocenters. The lowest BCUT2D eigenvalue weighted by Crippen LogP contribution is -2.10. The van der Waals surface area contributed by atoms with E-state index in [1.807, 2.05) is 12.1 Å². The van der Waals surface area contributed by atoms with Crippen LogP contribution >= 0.6 is 0 Å². The molecule has 1 aliphatic carbocycles. The average Bonchev–Trinajstić information content (AvgIpc) is 2.80. The third-order valence-corrected chi connectivity index (χ3v) is 3.16. The molecule has 0 aliphatic heterocycles. The molecule has 0 atom stereocenters. The highest BCUT2D eigenvalue weighted by Crippen LogP contribution is 2.25. The predicted octanol–water partition coefficient (Wildman–Crippen LogP) is 3.30. The maximum Gasteiger partial charge on any atom is 0.119 e. The van der Waals surface area contributed by atoms with Crippen LogP contribution in [0, 0.1) is 5.92 Å². The molecule has 0 radical (unpaired) electrons. The molecular weight excluding hydrogens is 186 g/mol. The number of methoxy groups -OCH3 is 1. The van der Waals surface area contributed by atoms with E-state index in [0.29, 0.717) is 0 Å². The van der Waals surface area contributed by atoms with E-state index in [2.05, 4.69) is 17.4 Å². The van der Waals surface area contributed by atoms with E-state index in [0.717, 1.165) is 18.2 Å². The van der Waals surface area contributed by atoms with Gasteiger partial charge in [-0.25, -0.2) is 0 Å². The number of nitrogens with one attached hydrogen (secondary N) is 1. The fourth-order valence-electron chi connectivity index (χ4n) is 2.19. The van der Waals surface area contributed by atoms with Gasteiger partial charge >= 0.3 is 0 Å². The molecule has 0 amide bonds. The van der Waals surface area contributed by atoms with Crippen molar-refractivity contribution in [3.63, 3.8) is 0 Å². The van der Waals surface area contributed by atoms with Crippen molar-refractivity contribution < 1.29 is 4.74 Å². The standard InChI is InChI=1S/C13H19NO/c1-15-13-8-6-12(7-9-13)14-10-11-4-2-3-5-11/h6-9,11,14H,2-5,10H2,1H3. The van der Waals surface area contributed by atoms with Crippen molar-refractivity contribution in [2.75, 3.05) is 19.0 Å². The Balaban J connectivity index is 1.82. The summed E-state index contributed by atoms with van der Waals surface area (Å²) in [6, 6.07) is 8.15. The molecular formula is C13H19NO. The molecule has 0 aromatic heterocycles. The minimum Gasteiger partial charge on any atom is -0.497 e. The Morgan fingerprint density at radius 1 is 1.20 bits per heavy atom. The Morgan fingerprint density at radius 3 is 2.47 bits per heavy atom. The Morgan fingerprint density at radius 2 is 1.87 bits per heavy atom. The lowest BCUT2D eigenvalue weighted by molar-refractivity contribution is 0.415. The zero-order valence-electron chi connectivity index (χ0n) is 9.33. The molecule has 2 rings (SSSR count). The van der Waals surface area contributed by atoms with Gasteiger partial charge in [0, 0.05) is 12.2 Å². The number of rotatable bonds is 4. The summed E-state index contributed by atoms with van der Waals surface area (Å²) >= 11 is 0. The summed E-state index contributed by atoms with van der Waals surface area (Å²) in [5.74, 6) is 1.80. The van der Waals surface area contributed by atoms with Crippen LogP contribution in [0.5, 0.6) is 5.75 Å². The zero-order chi connectivity index (χ0) is 10.5. The molecule has 1 aliphatic rings. The van der Waals surface area contributed by atoms with Crippen LogP contribution in [0.2, 0.25) is 0 Å². The average molecular weight is 205 g/mol. The van der Waals surface area contributed by atoms with Crippen molar-refractivity contribution in [3.8, 4) is 5.75 Å². The smallest absolute Gasteiger partial charge is 0.119 e. The van der Waals surface area contributed by atoms with Crippen molar-refractivity contribution in [1.29, 1.82) is 0 Å². The van der Waals surface area contributed by atoms with Gasteiger partial charge in [-0.1, -0.05) is 12.8 Å². The van der Waals surface area contributed by atoms with Crippen LogP contribution in [0.3, 0.4) is 0 Å².